The molecule has 4 saturated carbocycles. The zero-order chi connectivity index (χ0) is 17.3. The van der Waals surface area contributed by atoms with E-state index in [0.29, 0.717) is 30.0 Å². The van der Waals surface area contributed by atoms with Crippen LogP contribution in [-0.4, -0.2) is 28.2 Å². The molecule has 0 saturated heterocycles. The maximum Gasteiger partial charge on any atom is 0.137 e. The van der Waals surface area contributed by atoms with Crippen molar-refractivity contribution in [2.24, 2.45) is 40.4 Å². The molecule has 4 rings (SSSR count). The number of ketones is 1. The molecule has 0 spiro atoms. The minimum Gasteiger partial charge on any atom is -0.393 e. The van der Waals surface area contributed by atoms with Crippen LogP contribution < -0.4 is 0 Å². The Balaban J connectivity index is 1.67. The summed E-state index contributed by atoms with van der Waals surface area (Å²) < 4.78 is 0. The van der Waals surface area contributed by atoms with Gasteiger partial charge in [-0.1, -0.05) is 13.8 Å². The summed E-state index contributed by atoms with van der Waals surface area (Å²) >= 11 is 0. The Morgan fingerprint density at radius 3 is 2.54 bits per heavy atom. The minimum atomic E-state index is -0.305. The normalized spacial score (nSPS) is 55.5. The third-order valence-corrected chi connectivity index (χ3v) is 8.98. The minimum absolute atomic E-state index is 0.00376. The van der Waals surface area contributed by atoms with Crippen molar-refractivity contribution in [3.05, 3.63) is 0 Å². The summed E-state index contributed by atoms with van der Waals surface area (Å²) in [4.78, 5) is 13.3. The summed E-state index contributed by atoms with van der Waals surface area (Å²) in [6, 6.07) is 0. The maximum atomic E-state index is 13.3. The molecule has 0 radical (unpaired) electrons. The Bertz CT molecular complexity index is 529. The molecular formula is C21H34O3. The van der Waals surface area contributed by atoms with Crippen LogP contribution in [0.15, 0.2) is 0 Å². The highest BCUT2D eigenvalue weighted by molar-refractivity contribution is 5.84. The highest BCUT2D eigenvalue weighted by Crippen LogP contribution is 2.66. The summed E-state index contributed by atoms with van der Waals surface area (Å²) in [5.74, 6) is 2.58. The van der Waals surface area contributed by atoms with E-state index < -0.39 is 0 Å². The number of carbonyl (C=O) groups is 1. The fourth-order valence-electron chi connectivity index (χ4n) is 7.88. The number of hydrogen-bond acceptors (Lipinski definition) is 3. The molecule has 0 aromatic carbocycles. The number of carbonyl (C=O) groups excluding carboxylic acids is 1. The third-order valence-electron chi connectivity index (χ3n) is 8.98. The highest BCUT2D eigenvalue weighted by atomic mass is 16.3. The molecular weight excluding hydrogens is 300 g/mol. The van der Waals surface area contributed by atoms with Gasteiger partial charge in [0.25, 0.3) is 0 Å². The van der Waals surface area contributed by atoms with Gasteiger partial charge in [0.1, 0.15) is 5.78 Å². The topological polar surface area (TPSA) is 57.5 Å². The average Bonchev–Trinajstić information content (AvgIpc) is 2.84. The van der Waals surface area contributed by atoms with E-state index in [-0.39, 0.29) is 34.9 Å². The quantitative estimate of drug-likeness (QED) is 0.771. The lowest BCUT2D eigenvalue weighted by atomic mass is 9.44. The smallest absolute Gasteiger partial charge is 0.137 e. The Kier molecular flexibility index (Phi) is 3.93. The molecule has 0 bridgehead atoms. The Labute approximate surface area is 146 Å². The molecule has 4 fully saturated rings. The van der Waals surface area contributed by atoms with Gasteiger partial charge in [0.2, 0.25) is 0 Å². The molecule has 4 aliphatic rings. The molecule has 2 N–H and O–H groups in total. The molecule has 9 atom stereocenters. The van der Waals surface area contributed by atoms with Crippen LogP contribution in [0, 0.1) is 40.4 Å². The van der Waals surface area contributed by atoms with E-state index in [0.717, 1.165) is 32.1 Å². The lowest BCUT2D eigenvalue weighted by Gasteiger charge is -2.60. The van der Waals surface area contributed by atoms with Crippen molar-refractivity contribution in [2.75, 3.05) is 0 Å². The van der Waals surface area contributed by atoms with Crippen molar-refractivity contribution in [1.82, 2.24) is 0 Å². The van der Waals surface area contributed by atoms with Crippen LogP contribution in [0.2, 0.25) is 0 Å². The van der Waals surface area contributed by atoms with Crippen molar-refractivity contribution < 1.29 is 15.0 Å². The first-order valence-corrected chi connectivity index (χ1v) is 10.2. The predicted octanol–water partition coefficient (Wildman–Crippen LogP) is 3.57. The van der Waals surface area contributed by atoms with E-state index in [9.17, 15) is 15.0 Å². The number of hydrogen-bond donors (Lipinski definition) is 2. The number of fused-ring (bicyclic) bond motifs is 5. The first kappa shape index (κ1) is 17.0. The fraction of sp³-hybridized carbons (Fsp3) is 0.952. The van der Waals surface area contributed by atoms with Crippen molar-refractivity contribution in [3.8, 4) is 0 Å². The van der Waals surface area contributed by atoms with Crippen LogP contribution in [0.3, 0.4) is 0 Å². The molecule has 0 aliphatic heterocycles. The first-order chi connectivity index (χ1) is 11.3. The maximum absolute atomic E-state index is 13.3. The second-order valence-electron chi connectivity index (χ2n) is 10.0. The lowest BCUT2D eigenvalue weighted by molar-refractivity contribution is -0.163. The largest absolute Gasteiger partial charge is 0.393 e. The highest BCUT2D eigenvalue weighted by Gasteiger charge is 2.63. The zero-order valence-corrected chi connectivity index (χ0v) is 15.5. The number of rotatable bonds is 1. The second kappa shape index (κ2) is 5.54. The van der Waals surface area contributed by atoms with Crippen LogP contribution >= 0.6 is 0 Å². The van der Waals surface area contributed by atoms with Gasteiger partial charge in [-0.3, -0.25) is 4.79 Å². The standard InChI is InChI=1S/C21H34O3/c1-12(22)16-6-7-17-15-5-4-13-10-14(23)8-9-20(13,2)19(15)18(24)11-21(16,17)3/h12-17,19,22-23H,4-11H2,1-3H3/t12-,13+,14+,15-,16-,17+,19+,20-,21-/m0/s1. The van der Waals surface area contributed by atoms with Crippen molar-refractivity contribution in [2.45, 2.75) is 84.3 Å². The molecule has 0 aromatic heterocycles. The van der Waals surface area contributed by atoms with E-state index in [4.69, 9.17) is 0 Å². The van der Waals surface area contributed by atoms with Gasteiger partial charge in [-0.2, -0.15) is 0 Å². The Morgan fingerprint density at radius 1 is 1.08 bits per heavy atom. The molecule has 24 heavy (non-hydrogen) atoms. The number of aliphatic hydroxyl groups excluding tert-OH is 2. The van der Waals surface area contributed by atoms with Crippen LogP contribution in [0.5, 0.6) is 0 Å². The van der Waals surface area contributed by atoms with Crippen LogP contribution in [0.25, 0.3) is 0 Å². The summed E-state index contributed by atoms with van der Waals surface area (Å²) in [5, 5.41) is 20.4. The Hall–Kier alpha value is -0.410. The van der Waals surface area contributed by atoms with Gasteiger partial charge in [0.05, 0.1) is 12.2 Å². The van der Waals surface area contributed by atoms with Crippen molar-refractivity contribution >= 4 is 5.78 Å². The van der Waals surface area contributed by atoms with E-state index in [2.05, 4.69) is 13.8 Å². The van der Waals surface area contributed by atoms with Gasteiger partial charge in [-0.05, 0) is 86.4 Å². The molecule has 0 aromatic rings. The van der Waals surface area contributed by atoms with Gasteiger partial charge in [0, 0.05) is 12.3 Å². The van der Waals surface area contributed by atoms with Crippen molar-refractivity contribution in [1.29, 1.82) is 0 Å². The predicted molar refractivity (Wildman–Crippen MR) is 93.3 cm³/mol. The van der Waals surface area contributed by atoms with Crippen LogP contribution in [0.4, 0.5) is 0 Å². The molecule has 0 amide bonds. The Morgan fingerprint density at radius 2 is 1.83 bits per heavy atom. The SMILES string of the molecule is C[C@H](O)[C@@H]1CC[C@@H]2[C@@H]3CC[C@@H]4C[C@H](O)CC[C@]4(C)[C@H]3C(=O)C[C@]21C. The molecule has 3 nitrogen and oxygen atoms in total. The summed E-state index contributed by atoms with van der Waals surface area (Å²) in [7, 11) is 0. The number of Topliss-reactive ketones (excluding diaryl/α,β-unsaturated/α-hetero) is 1. The van der Waals surface area contributed by atoms with Gasteiger partial charge in [-0.15, -0.1) is 0 Å². The van der Waals surface area contributed by atoms with Crippen LogP contribution in [0.1, 0.15) is 72.1 Å². The molecule has 4 aliphatic carbocycles. The second-order valence-corrected chi connectivity index (χ2v) is 10.0. The molecule has 0 heterocycles. The van der Waals surface area contributed by atoms with E-state index in [1.165, 1.54) is 12.8 Å². The van der Waals surface area contributed by atoms with Crippen molar-refractivity contribution in [3.63, 3.8) is 0 Å². The van der Waals surface area contributed by atoms with E-state index in [1.807, 2.05) is 6.92 Å². The summed E-state index contributed by atoms with van der Waals surface area (Å²) in [6.45, 7) is 6.55. The van der Waals surface area contributed by atoms with Crippen LogP contribution in [-0.2, 0) is 4.79 Å². The number of aliphatic hydroxyl groups is 2. The van der Waals surface area contributed by atoms with Gasteiger partial charge in [0.15, 0.2) is 0 Å². The fourth-order valence-corrected chi connectivity index (χ4v) is 7.88. The van der Waals surface area contributed by atoms with E-state index in [1.54, 1.807) is 0 Å². The van der Waals surface area contributed by atoms with Gasteiger partial charge < -0.3 is 10.2 Å². The third kappa shape index (κ3) is 2.19. The lowest BCUT2D eigenvalue weighted by Crippen LogP contribution is -2.58. The molecule has 3 heteroatoms. The van der Waals surface area contributed by atoms with E-state index >= 15 is 0 Å². The first-order valence-electron chi connectivity index (χ1n) is 10.2. The summed E-state index contributed by atoms with van der Waals surface area (Å²) in [5.41, 5.74) is 0.104. The summed E-state index contributed by atoms with van der Waals surface area (Å²) in [6.07, 6.45) is 7.56. The zero-order valence-electron chi connectivity index (χ0n) is 15.5. The van der Waals surface area contributed by atoms with Gasteiger partial charge in [-0.25, -0.2) is 0 Å². The monoisotopic (exact) mass is 334 g/mol. The van der Waals surface area contributed by atoms with Gasteiger partial charge >= 0.3 is 0 Å². The molecule has 136 valence electrons. The average molecular weight is 335 g/mol. The molecule has 0 unspecified atom stereocenters.